The van der Waals surface area contributed by atoms with Crippen molar-refractivity contribution in [1.82, 2.24) is 0 Å². The first-order valence-electron chi connectivity index (χ1n) is 6.06. The average Bonchev–Trinajstić information content (AvgIpc) is 2.43. The zero-order chi connectivity index (χ0) is 17.4. The van der Waals surface area contributed by atoms with Crippen LogP contribution in [0.2, 0.25) is 0 Å². The third-order valence-electron chi connectivity index (χ3n) is 1.96. The van der Waals surface area contributed by atoms with E-state index in [-0.39, 0.29) is 18.9 Å². The summed E-state index contributed by atoms with van der Waals surface area (Å²) in [4.78, 5) is 8.56. The van der Waals surface area contributed by atoms with Crippen molar-refractivity contribution in [2.24, 2.45) is 0 Å². The minimum atomic E-state index is -1.83. The van der Waals surface area contributed by atoms with E-state index in [1.807, 2.05) is 36.8 Å². The molecule has 120 valence electrons. The standard InChI is InChI=1S/C14H15.C2H2F2.CH2O3.Li/c1-3-5-9-13(4-2)12-14-10-7-6-8-11-14;1-2(3)4;2-1(3)4;/h3-11H,1-2,12H2;1H2;(H2,2,3,4);/q-1;;;+1. The summed E-state index contributed by atoms with van der Waals surface area (Å²) >= 11 is 0. The number of hydrogen-bond acceptors (Lipinski definition) is 1. The molecule has 0 aliphatic heterocycles. The van der Waals surface area contributed by atoms with Gasteiger partial charge < -0.3 is 10.2 Å². The molecule has 6 heteroatoms. The van der Waals surface area contributed by atoms with Crippen molar-refractivity contribution in [3.63, 3.8) is 0 Å². The minimum Gasteiger partial charge on any atom is -0.450 e. The Morgan fingerprint density at radius 3 is 1.96 bits per heavy atom. The number of allylic oxidation sites excluding steroid dienone is 4. The van der Waals surface area contributed by atoms with Crippen LogP contribution in [0.3, 0.4) is 0 Å². The van der Waals surface area contributed by atoms with E-state index < -0.39 is 12.2 Å². The molecule has 0 unspecified atom stereocenters. The van der Waals surface area contributed by atoms with Gasteiger partial charge in [0.15, 0.2) is 0 Å². The molecule has 0 aliphatic carbocycles. The van der Waals surface area contributed by atoms with E-state index in [2.05, 4.69) is 31.9 Å². The number of carbonyl (C=O) groups is 1. The summed E-state index contributed by atoms with van der Waals surface area (Å²) < 4.78 is 20.3. The molecule has 3 nitrogen and oxygen atoms in total. The number of benzene rings is 1. The monoisotopic (exact) mass is 316 g/mol. The summed E-state index contributed by atoms with van der Waals surface area (Å²) in [5, 5.41) is 13.9. The van der Waals surface area contributed by atoms with Crippen LogP contribution in [-0.2, 0) is 6.42 Å². The van der Waals surface area contributed by atoms with Crippen molar-refractivity contribution in [1.29, 1.82) is 0 Å². The molecule has 1 aromatic rings. The Morgan fingerprint density at radius 2 is 1.61 bits per heavy atom. The van der Waals surface area contributed by atoms with Crippen molar-refractivity contribution in [2.45, 2.75) is 6.42 Å². The van der Waals surface area contributed by atoms with Gasteiger partial charge in [0.1, 0.15) is 0 Å². The minimum absolute atomic E-state index is 0. The molecule has 0 aromatic heterocycles. The van der Waals surface area contributed by atoms with Crippen molar-refractivity contribution < 1.29 is 42.6 Å². The van der Waals surface area contributed by atoms with E-state index in [1.165, 1.54) is 11.1 Å². The average molecular weight is 316 g/mol. The second-order valence-corrected chi connectivity index (χ2v) is 3.66. The van der Waals surface area contributed by atoms with Gasteiger partial charge in [-0.2, -0.15) is 33.9 Å². The van der Waals surface area contributed by atoms with E-state index in [4.69, 9.17) is 15.0 Å². The van der Waals surface area contributed by atoms with Gasteiger partial charge in [-0.25, -0.2) is 4.79 Å². The number of halogens is 2. The fourth-order valence-corrected chi connectivity index (χ4v) is 1.22. The number of rotatable bonds is 5. The molecular weight excluding hydrogens is 297 g/mol. The van der Waals surface area contributed by atoms with Crippen LogP contribution < -0.4 is 18.9 Å². The van der Waals surface area contributed by atoms with Crippen LogP contribution in [0.4, 0.5) is 13.6 Å². The summed E-state index contributed by atoms with van der Waals surface area (Å²) in [6, 6.07) is 10.4. The van der Waals surface area contributed by atoms with Gasteiger partial charge in [-0.1, -0.05) is 35.9 Å². The maximum Gasteiger partial charge on any atom is 1.00 e. The molecule has 0 saturated heterocycles. The normalized spacial score (nSPS) is 8.70. The molecule has 0 fully saturated rings. The fourth-order valence-electron chi connectivity index (χ4n) is 1.22. The summed E-state index contributed by atoms with van der Waals surface area (Å²) in [6.45, 7) is 9.65. The molecule has 1 rings (SSSR count). The predicted molar refractivity (Wildman–Crippen MR) is 84.9 cm³/mol. The third kappa shape index (κ3) is 25.1. The topological polar surface area (TPSA) is 57.5 Å². The van der Waals surface area contributed by atoms with Crippen LogP contribution in [-0.4, -0.2) is 16.4 Å². The molecule has 0 spiro atoms. The molecule has 2 N–H and O–H groups in total. The van der Waals surface area contributed by atoms with Gasteiger partial charge in [-0.3, -0.25) is 0 Å². The van der Waals surface area contributed by atoms with Gasteiger partial charge in [0.05, 0.1) is 0 Å². The largest absolute Gasteiger partial charge is 1.00 e. The maximum absolute atomic E-state index is 10.1. The molecule has 0 saturated carbocycles. The number of hydrogen-bond donors (Lipinski definition) is 2. The first kappa shape index (κ1) is 25.7. The Hall–Kier alpha value is -2.22. The van der Waals surface area contributed by atoms with E-state index in [0.717, 1.165) is 6.42 Å². The molecule has 1 aromatic carbocycles. The zero-order valence-corrected chi connectivity index (χ0v) is 13.1. The second kappa shape index (κ2) is 17.8. The van der Waals surface area contributed by atoms with Gasteiger partial charge in [0.2, 0.25) is 0 Å². The third-order valence-corrected chi connectivity index (χ3v) is 1.96. The van der Waals surface area contributed by atoms with Crippen LogP contribution in [0.5, 0.6) is 0 Å². The van der Waals surface area contributed by atoms with Gasteiger partial charge in [-0.05, 0) is 13.0 Å². The zero-order valence-electron chi connectivity index (χ0n) is 13.1. The molecule has 0 radical (unpaired) electrons. The second-order valence-electron chi connectivity index (χ2n) is 3.66. The number of carboxylic acid groups (broad SMARTS) is 2. The van der Waals surface area contributed by atoms with Crippen LogP contribution in [0.15, 0.2) is 80.0 Å². The van der Waals surface area contributed by atoms with Crippen LogP contribution >= 0.6 is 0 Å². The fraction of sp³-hybridized carbons (Fsp3) is 0.0588. The predicted octanol–water partition coefficient (Wildman–Crippen LogP) is 2.35. The van der Waals surface area contributed by atoms with Gasteiger partial charge in [-0.15, -0.1) is 18.2 Å². The van der Waals surface area contributed by atoms with Crippen LogP contribution in [0, 0.1) is 6.42 Å². The smallest absolute Gasteiger partial charge is 0.450 e. The molecule has 0 aliphatic rings. The van der Waals surface area contributed by atoms with Gasteiger partial charge in [0.25, 0.3) is 6.08 Å². The van der Waals surface area contributed by atoms with Gasteiger partial charge >= 0.3 is 25.0 Å². The molecule has 0 bridgehead atoms. The van der Waals surface area contributed by atoms with E-state index in [9.17, 15) is 8.78 Å². The molecule has 23 heavy (non-hydrogen) atoms. The summed E-state index contributed by atoms with van der Waals surface area (Å²) in [5.41, 5.74) is 2.51. The van der Waals surface area contributed by atoms with E-state index in [0.29, 0.717) is 0 Å². The summed E-state index contributed by atoms with van der Waals surface area (Å²) in [7, 11) is 0. The van der Waals surface area contributed by atoms with E-state index >= 15 is 0 Å². The Morgan fingerprint density at radius 1 is 1.17 bits per heavy atom. The van der Waals surface area contributed by atoms with Gasteiger partial charge in [0, 0.05) is 0 Å². The van der Waals surface area contributed by atoms with Crippen molar-refractivity contribution in [2.75, 3.05) is 0 Å². The van der Waals surface area contributed by atoms with Crippen molar-refractivity contribution in [3.8, 4) is 0 Å². The Bertz CT molecular complexity index is 480. The summed E-state index contributed by atoms with van der Waals surface area (Å²) in [6.07, 6.45) is 4.88. The Labute approximate surface area is 147 Å². The van der Waals surface area contributed by atoms with Crippen molar-refractivity contribution in [3.05, 3.63) is 91.9 Å². The Balaban J connectivity index is -0.000000374. The molecular formula is C17H19F2LiO3. The molecule has 0 heterocycles. The first-order valence-corrected chi connectivity index (χ1v) is 6.06. The molecule has 0 amide bonds. The Kier molecular flexibility index (Phi) is 19.9. The molecule has 0 atom stereocenters. The van der Waals surface area contributed by atoms with Crippen LogP contribution in [0.1, 0.15) is 5.56 Å². The first-order chi connectivity index (χ1) is 10.3. The van der Waals surface area contributed by atoms with Crippen LogP contribution in [0.25, 0.3) is 0 Å². The summed E-state index contributed by atoms with van der Waals surface area (Å²) in [5.74, 6) is 0. The maximum atomic E-state index is 10.1. The van der Waals surface area contributed by atoms with Crippen molar-refractivity contribution >= 4 is 6.16 Å². The quantitative estimate of drug-likeness (QED) is 0.498. The SMILES string of the molecule is C=C(F)F.C=C[CH-]C=C(C=C)Cc1ccccc1.O=C(O)O.[Li+]. The van der Waals surface area contributed by atoms with E-state index in [1.54, 1.807) is 6.08 Å².